The highest BCUT2D eigenvalue weighted by molar-refractivity contribution is 7.85. The quantitative estimate of drug-likeness (QED) is 0.113. The molecule has 2 aliphatic rings. The van der Waals surface area contributed by atoms with Gasteiger partial charge in [0.1, 0.15) is 18.2 Å². The number of piperidine rings is 1. The Balaban J connectivity index is 1.44. The summed E-state index contributed by atoms with van der Waals surface area (Å²) in [4.78, 5) is 28.5. The van der Waals surface area contributed by atoms with Crippen molar-refractivity contribution in [2.75, 3.05) is 20.4 Å². The Morgan fingerprint density at radius 1 is 1.04 bits per heavy atom. The predicted octanol–water partition coefficient (Wildman–Crippen LogP) is 6.41. The lowest BCUT2D eigenvalue weighted by Crippen LogP contribution is -2.58. The number of rotatable bonds is 14. The number of nitrogens with one attached hydrogen (secondary N) is 1. The van der Waals surface area contributed by atoms with Crippen molar-refractivity contribution in [2.24, 2.45) is 11.3 Å². The van der Waals surface area contributed by atoms with Gasteiger partial charge in [0, 0.05) is 28.5 Å². The molecule has 0 spiro atoms. The fraction of sp³-hybridized carbons (Fsp3) is 0.412. The molecule has 1 aliphatic heterocycles. The Labute approximate surface area is 279 Å². The number of methoxy groups -OCH3 is 1. The van der Waals surface area contributed by atoms with Crippen molar-refractivity contribution in [3.8, 4) is 5.75 Å². The van der Waals surface area contributed by atoms with Crippen molar-refractivity contribution in [1.82, 2.24) is 10.2 Å². The number of hydrogen-bond acceptors (Lipinski definition) is 7. The number of ether oxygens (including phenoxy) is 1. The number of hydrogen-bond donors (Lipinski definition) is 2. The van der Waals surface area contributed by atoms with Gasteiger partial charge < -0.3 is 14.7 Å². The van der Waals surface area contributed by atoms with Crippen LogP contribution in [0, 0.1) is 11.3 Å². The first-order valence-electron chi connectivity index (χ1n) is 15.2. The molecule has 1 aliphatic carbocycles. The van der Waals surface area contributed by atoms with Crippen LogP contribution in [0.15, 0.2) is 72.8 Å². The molecule has 1 heterocycles. The van der Waals surface area contributed by atoms with Crippen LogP contribution < -0.4 is 10.1 Å². The molecule has 46 heavy (non-hydrogen) atoms. The van der Waals surface area contributed by atoms with E-state index in [0.29, 0.717) is 27.8 Å². The molecule has 0 radical (unpaired) electrons. The zero-order valence-electron chi connectivity index (χ0n) is 25.7. The van der Waals surface area contributed by atoms with Gasteiger partial charge in [-0.2, -0.15) is 8.42 Å². The molecule has 12 heteroatoms. The molecule has 1 saturated carbocycles. The SMILES string of the molecule is COc1cccc(CS(=O)(=O)OCNCC(C2CC2)N2C(=O)C(C)(CC(=O)O)CC(c3cccc(Cl)c3)C2c2ccc(Cl)cc2)c1. The van der Waals surface area contributed by atoms with Crippen molar-refractivity contribution in [2.45, 2.75) is 56.4 Å². The summed E-state index contributed by atoms with van der Waals surface area (Å²) in [6.45, 7) is 1.69. The van der Waals surface area contributed by atoms with Crippen LogP contribution in [0.25, 0.3) is 0 Å². The Morgan fingerprint density at radius 3 is 2.41 bits per heavy atom. The highest BCUT2D eigenvalue weighted by Gasteiger charge is 2.54. The second kappa shape index (κ2) is 14.3. The zero-order valence-corrected chi connectivity index (χ0v) is 28.0. The van der Waals surface area contributed by atoms with Crippen molar-refractivity contribution in [3.05, 3.63) is 99.5 Å². The molecule has 0 aromatic heterocycles. The highest BCUT2D eigenvalue weighted by atomic mass is 35.5. The topological polar surface area (TPSA) is 122 Å². The lowest BCUT2D eigenvalue weighted by Gasteiger charge is -2.52. The van der Waals surface area contributed by atoms with Gasteiger partial charge >= 0.3 is 5.97 Å². The standard InChI is InChI=1S/C34H38Cl2N2O7S/c1-34(18-31(39)40)17-29(25-6-4-7-27(36)16-25)32(24-11-13-26(35)14-12-24)38(33(34)41)30(23-9-10-23)19-37-21-45-46(42,43)20-22-5-3-8-28(15-22)44-2/h3-8,11-16,23,29-30,32,37H,9-10,17-21H2,1-2H3,(H,39,40). The number of benzene rings is 3. The third-order valence-corrected chi connectivity index (χ3v) is 10.5. The molecule has 2 fully saturated rings. The number of nitrogens with zero attached hydrogens (tertiary/aromatic N) is 1. The van der Waals surface area contributed by atoms with Crippen LogP contribution in [0.4, 0.5) is 0 Å². The summed E-state index contributed by atoms with van der Waals surface area (Å²) >= 11 is 12.7. The molecule has 3 aromatic carbocycles. The molecular weight excluding hydrogens is 651 g/mol. The number of likely N-dealkylation sites (tertiary alicyclic amines) is 1. The third kappa shape index (κ3) is 8.22. The van der Waals surface area contributed by atoms with E-state index in [-0.39, 0.29) is 49.2 Å². The molecule has 1 saturated heterocycles. The number of carbonyl (C=O) groups excluding carboxylic acids is 1. The molecule has 3 aromatic rings. The largest absolute Gasteiger partial charge is 0.497 e. The minimum atomic E-state index is -3.93. The minimum absolute atomic E-state index is 0.145. The first kappa shape index (κ1) is 34.2. The number of amides is 1. The molecule has 4 unspecified atom stereocenters. The van der Waals surface area contributed by atoms with Gasteiger partial charge in [0.15, 0.2) is 0 Å². The Bertz CT molecular complexity index is 1670. The maximum absolute atomic E-state index is 14.5. The van der Waals surface area contributed by atoms with Crippen molar-refractivity contribution in [3.63, 3.8) is 0 Å². The van der Waals surface area contributed by atoms with Gasteiger partial charge in [-0.05, 0) is 78.3 Å². The van der Waals surface area contributed by atoms with Crippen LogP contribution in [-0.4, -0.2) is 56.7 Å². The maximum atomic E-state index is 14.5. The molecule has 0 bridgehead atoms. The lowest BCUT2D eigenvalue weighted by atomic mass is 9.67. The number of halogens is 2. The van der Waals surface area contributed by atoms with Gasteiger partial charge in [0.25, 0.3) is 10.1 Å². The second-order valence-electron chi connectivity index (χ2n) is 12.4. The van der Waals surface area contributed by atoms with Gasteiger partial charge in [0.2, 0.25) is 5.91 Å². The predicted molar refractivity (Wildman–Crippen MR) is 176 cm³/mol. The Hall–Kier alpha value is -3.15. The van der Waals surface area contributed by atoms with Gasteiger partial charge in [-0.15, -0.1) is 0 Å². The van der Waals surface area contributed by atoms with Gasteiger partial charge in [-0.3, -0.25) is 19.1 Å². The molecule has 246 valence electrons. The third-order valence-electron chi connectivity index (χ3n) is 8.83. The average Bonchev–Trinajstić information content (AvgIpc) is 3.84. The fourth-order valence-electron chi connectivity index (χ4n) is 6.56. The van der Waals surface area contributed by atoms with Crippen LogP contribution in [0.5, 0.6) is 5.75 Å². The molecule has 5 rings (SSSR count). The second-order valence-corrected chi connectivity index (χ2v) is 14.9. The Morgan fingerprint density at radius 2 is 1.76 bits per heavy atom. The van der Waals surface area contributed by atoms with E-state index in [2.05, 4.69) is 5.32 Å². The van der Waals surface area contributed by atoms with Crippen LogP contribution in [0.2, 0.25) is 10.0 Å². The van der Waals surface area contributed by atoms with E-state index in [1.165, 1.54) is 7.11 Å². The van der Waals surface area contributed by atoms with Gasteiger partial charge in [-0.25, -0.2) is 0 Å². The summed E-state index contributed by atoms with van der Waals surface area (Å²) in [5.41, 5.74) is 1.11. The molecule has 4 atom stereocenters. The maximum Gasteiger partial charge on any atom is 0.304 e. The number of carboxylic acid groups (broad SMARTS) is 1. The van der Waals surface area contributed by atoms with Crippen molar-refractivity contribution in [1.29, 1.82) is 0 Å². The van der Waals surface area contributed by atoms with Crippen molar-refractivity contribution >= 4 is 45.2 Å². The van der Waals surface area contributed by atoms with Gasteiger partial charge in [-0.1, -0.05) is 66.5 Å². The summed E-state index contributed by atoms with van der Waals surface area (Å²) in [5.74, 6) is -1.21. The summed E-state index contributed by atoms with van der Waals surface area (Å²) in [6, 6.07) is 20.8. The van der Waals surface area contributed by atoms with E-state index in [1.807, 2.05) is 35.2 Å². The Kier molecular flexibility index (Phi) is 10.6. The van der Waals surface area contributed by atoms with E-state index in [9.17, 15) is 23.1 Å². The smallest absolute Gasteiger partial charge is 0.304 e. The minimum Gasteiger partial charge on any atom is -0.497 e. The van der Waals surface area contributed by atoms with Crippen molar-refractivity contribution < 1.29 is 32.0 Å². The molecule has 9 nitrogen and oxygen atoms in total. The molecular formula is C34H38Cl2N2O7S. The number of carboxylic acids is 1. The van der Waals surface area contributed by atoms with Crippen LogP contribution in [0.1, 0.15) is 61.3 Å². The summed E-state index contributed by atoms with van der Waals surface area (Å²) in [7, 11) is -2.42. The molecule has 1 amide bonds. The van der Waals surface area contributed by atoms with Gasteiger partial charge in [0.05, 0.1) is 25.0 Å². The summed E-state index contributed by atoms with van der Waals surface area (Å²) in [5, 5.41) is 14.1. The van der Waals surface area contributed by atoms with E-state index in [1.54, 1.807) is 49.4 Å². The van der Waals surface area contributed by atoms with Crippen LogP contribution >= 0.6 is 23.2 Å². The molecule has 2 N–H and O–H groups in total. The van der Waals surface area contributed by atoms with Crippen LogP contribution in [-0.2, 0) is 29.6 Å². The normalized spacial score (nSPS) is 22.4. The lowest BCUT2D eigenvalue weighted by molar-refractivity contribution is -0.161. The number of carbonyl (C=O) groups is 2. The van der Waals surface area contributed by atoms with E-state index in [0.717, 1.165) is 24.0 Å². The first-order chi connectivity index (χ1) is 21.9. The zero-order chi connectivity index (χ0) is 33.1. The highest BCUT2D eigenvalue weighted by Crippen LogP contribution is 2.54. The average molecular weight is 690 g/mol. The summed E-state index contributed by atoms with van der Waals surface area (Å²) in [6.07, 6.45) is 1.74. The van der Waals surface area contributed by atoms with E-state index in [4.69, 9.17) is 32.1 Å². The van der Waals surface area contributed by atoms with E-state index < -0.39 is 27.5 Å². The number of aliphatic carboxylic acids is 1. The fourth-order valence-corrected chi connectivity index (χ4v) is 7.82. The van der Waals surface area contributed by atoms with E-state index >= 15 is 0 Å². The summed E-state index contributed by atoms with van der Waals surface area (Å²) < 4.78 is 36.0. The van der Waals surface area contributed by atoms with Crippen LogP contribution in [0.3, 0.4) is 0 Å². The first-order valence-corrected chi connectivity index (χ1v) is 17.5. The monoisotopic (exact) mass is 688 g/mol.